The first-order valence-corrected chi connectivity index (χ1v) is 13.2. The highest BCUT2D eigenvalue weighted by molar-refractivity contribution is 7.66. The molecule has 0 aromatic carbocycles. The molecule has 1 fully saturated rings. The summed E-state index contributed by atoms with van der Waals surface area (Å²) in [5.41, 5.74) is -1.20. The van der Waals surface area contributed by atoms with Crippen molar-refractivity contribution in [2.75, 3.05) is 6.61 Å². The second kappa shape index (κ2) is 9.40. The Bertz CT molecular complexity index is 1250. The fraction of sp³-hybridized carbons (Fsp3) is 0.545. The van der Waals surface area contributed by atoms with Crippen molar-refractivity contribution in [3.05, 3.63) is 38.9 Å². The molecule has 1 aliphatic rings. The number of nitrogens with one attached hydrogen (secondary N) is 1. The van der Waals surface area contributed by atoms with Gasteiger partial charge in [0.25, 0.3) is 5.56 Å². The number of aromatic amines is 1. The predicted octanol–water partition coefficient (Wildman–Crippen LogP) is -1.30. The molecule has 184 valence electrons. The standard InChI is InChI=1S/C11H17N6O13P3/c1-6-3-16(11(19)14-10(6)18)9-2-7(17-13-5-12-15-17)8(28-9)4-27-32(23,24)30-33(25,26)29-31(20,21)22/h3,5,7-9H,2,4H2,1H3,(H,23,24)(H,25,26)(H,14,18,19)(H2,20,21,22)/t7-,8+,9+/m0/s1. The van der Waals surface area contributed by atoms with Crippen LogP contribution in [0.2, 0.25) is 0 Å². The van der Waals surface area contributed by atoms with E-state index in [2.05, 4.69) is 33.5 Å². The van der Waals surface area contributed by atoms with E-state index in [1.807, 2.05) is 0 Å². The van der Waals surface area contributed by atoms with Gasteiger partial charge in [0.1, 0.15) is 18.4 Å². The largest absolute Gasteiger partial charge is 0.490 e. The number of phosphoric ester groups is 1. The van der Waals surface area contributed by atoms with Crippen molar-refractivity contribution >= 4 is 23.5 Å². The van der Waals surface area contributed by atoms with E-state index in [1.54, 1.807) is 0 Å². The van der Waals surface area contributed by atoms with E-state index in [4.69, 9.17) is 14.5 Å². The summed E-state index contributed by atoms with van der Waals surface area (Å²) >= 11 is 0. The molecule has 2 aromatic heterocycles. The third-order valence-electron chi connectivity index (χ3n) is 4.14. The normalized spacial score (nSPS) is 24.9. The number of rotatable bonds is 9. The number of ether oxygens (including phenoxy) is 1. The van der Waals surface area contributed by atoms with E-state index in [0.29, 0.717) is 0 Å². The van der Waals surface area contributed by atoms with Gasteiger partial charge in [-0.3, -0.25) is 18.9 Å². The van der Waals surface area contributed by atoms with Crippen LogP contribution in [0.4, 0.5) is 0 Å². The molecule has 0 radical (unpaired) electrons. The van der Waals surface area contributed by atoms with Crippen LogP contribution in [0.25, 0.3) is 0 Å². The van der Waals surface area contributed by atoms with Crippen LogP contribution in [0, 0.1) is 6.92 Å². The molecular weight excluding hydrogens is 517 g/mol. The van der Waals surface area contributed by atoms with Gasteiger partial charge in [-0.25, -0.2) is 18.5 Å². The lowest BCUT2D eigenvalue weighted by Gasteiger charge is -2.20. The first-order chi connectivity index (χ1) is 15.2. The number of nitrogens with zero attached hydrogens (tertiary/aromatic N) is 5. The quantitative estimate of drug-likeness (QED) is 0.234. The Kier molecular flexibility index (Phi) is 7.33. The number of aromatic nitrogens is 6. The van der Waals surface area contributed by atoms with Crippen molar-refractivity contribution in [3.63, 3.8) is 0 Å². The number of aryl methyl sites for hydroxylation is 1. The molecule has 2 aromatic rings. The van der Waals surface area contributed by atoms with E-state index in [9.17, 15) is 33.1 Å². The molecule has 0 amide bonds. The summed E-state index contributed by atoms with van der Waals surface area (Å²) < 4.78 is 52.8. The zero-order valence-electron chi connectivity index (χ0n) is 16.3. The van der Waals surface area contributed by atoms with Crippen molar-refractivity contribution in [2.45, 2.75) is 31.7 Å². The van der Waals surface area contributed by atoms with E-state index >= 15 is 0 Å². The third-order valence-corrected chi connectivity index (χ3v) is 7.94. The SMILES string of the molecule is Cc1cn([C@H]2C[C@H](n3ncnn3)[C@@H](COP(=O)(O)OP(=O)(O)OP(=O)(O)O)O2)c(=O)[nH]c1=O. The molecule has 3 heterocycles. The maximum absolute atomic E-state index is 12.2. The molecule has 5 atom stereocenters. The average molecular weight is 534 g/mol. The summed E-state index contributed by atoms with van der Waals surface area (Å²) in [6, 6.07) is -0.830. The third kappa shape index (κ3) is 6.81. The lowest BCUT2D eigenvalue weighted by Crippen LogP contribution is -2.33. The summed E-state index contributed by atoms with van der Waals surface area (Å²) in [5, 5.41) is 11.1. The van der Waals surface area contributed by atoms with Crippen LogP contribution in [0.15, 0.2) is 22.1 Å². The molecule has 1 aliphatic heterocycles. The highest BCUT2D eigenvalue weighted by Crippen LogP contribution is 2.66. The molecule has 19 nitrogen and oxygen atoms in total. The van der Waals surface area contributed by atoms with E-state index in [-0.39, 0.29) is 12.0 Å². The molecule has 0 bridgehead atoms. The minimum Gasteiger partial charge on any atom is -0.350 e. The van der Waals surface area contributed by atoms with Crippen LogP contribution < -0.4 is 11.2 Å². The Morgan fingerprint density at radius 2 is 1.88 bits per heavy atom. The van der Waals surface area contributed by atoms with E-state index in [1.165, 1.54) is 13.1 Å². The zero-order valence-corrected chi connectivity index (χ0v) is 19.0. The Morgan fingerprint density at radius 3 is 2.48 bits per heavy atom. The first kappa shape index (κ1) is 25.7. The molecule has 0 spiro atoms. The predicted molar refractivity (Wildman–Crippen MR) is 101 cm³/mol. The lowest BCUT2D eigenvalue weighted by atomic mass is 10.1. The Labute approximate surface area is 182 Å². The smallest absolute Gasteiger partial charge is 0.350 e. The zero-order chi connectivity index (χ0) is 24.6. The molecule has 2 unspecified atom stereocenters. The topological polar surface area (TPSA) is 268 Å². The van der Waals surface area contributed by atoms with Gasteiger partial charge >= 0.3 is 29.2 Å². The van der Waals surface area contributed by atoms with Gasteiger partial charge in [-0.15, -0.1) is 10.2 Å². The highest BCUT2D eigenvalue weighted by Gasteiger charge is 2.44. The first-order valence-electron chi connectivity index (χ1n) is 8.64. The average Bonchev–Trinajstić information content (AvgIpc) is 3.29. The Balaban J connectivity index is 1.78. The molecule has 5 N–H and O–H groups in total. The van der Waals surface area contributed by atoms with Gasteiger partial charge in [0, 0.05) is 18.2 Å². The van der Waals surface area contributed by atoms with Crippen LogP contribution >= 0.6 is 23.5 Å². The van der Waals surface area contributed by atoms with Crippen molar-refractivity contribution in [2.24, 2.45) is 0 Å². The van der Waals surface area contributed by atoms with Gasteiger partial charge in [-0.2, -0.15) is 13.4 Å². The van der Waals surface area contributed by atoms with Crippen molar-refractivity contribution < 1.29 is 51.2 Å². The summed E-state index contributed by atoms with van der Waals surface area (Å²) in [5.74, 6) is 0. The second-order valence-electron chi connectivity index (χ2n) is 6.55. The molecule has 0 aliphatic carbocycles. The monoisotopic (exact) mass is 534 g/mol. The summed E-state index contributed by atoms with van der Waals surface area (Å²) in [7, 11) is -16.7. The number of hydrogen-bond donors (Lipinski definition) is 5. The summed E-state index contributed by atoms with van der Waals surface area (Å²) in [4.78, 5) is 62.9. The number of phosphoric acid groups is 3. The van der Waals surface area contributed by atoms with E-state index < -0.39 is 59.7 Å². The van der Waals surface area contributed by atoms with Crippen LogP contribution in [0.5, 0.6) is 0 Å². The molecule has 3 rings (SSSR count). The van der Waals surface area contributed by atoms with E-state index in [0.717, 1.165) is 15.7 Å². The number of hydrogen-bond acceptors (Lipinski definition) is 12. The van der Waals surface area contributed by atoms with Gasteiger partial charge in [0.05, 0.1) is 6.61 Å². The molecule has 0 saturated carbocycles. The van der Waals surface area contributed by atoms with Gasteiger partial charge in [0.15, 0.2) is 6.33 Å². The lowest BCUT2D eigenvalue weighted by molar-refractivity contribution is -0.0327. The van der Waals surface area contributed by atoms with Gasteiger partial charge in [0.2, 0.25) is 0 Å². The summed E-state index contributed by atoms with van der Waals surface area (Å²) in [6.45, 7) is 0.649. The van der Waals surface area contributed by atoms with Crippen LogP contribution in [-0.4, -0.2) is 62.0 Å². The maximum Gasteiger partial charge on any atom is 0.490 e. The molecule has 33 heavy (non-hydrogen) atoms. The molecule has 22 heteroatoms. The Morgan fingerprint density at radius 1 is 1.18 bits per heavy atom. The number of H-pyrrole nitrogens is 1. The maximum atomic E-state index is 12.2. The van der Waals surface area contributed by atoms with Crippen molar-refractivity contribution in [1.82, 2.24) is 29.8 Å². The second-order valence-corrected chi connectivity index (χ2v) is 11.0. The van der Waals surface area contributed by atoms with Gasteiger partial charge < -0.3 is 24.3 Å². The van der Waals surface area contributed by atoms with Gasteiger partial charge in [-0.05, 0) is 12.1 Å². The minimum absolute atomic E-state index is 0.00613. The fourth-order valence-electron chi connectivity index (χ4n) is 2.88. The fourth-order valence-corrected chi connectivity index (χ4v) is 5.91. The highest BCUT2D eigenvalue weighted by atomic mass is 31.3. The Hall–Kier alpha value is -1.88. The number of tetrazole rings is 1. The summed E-state index contributed by atoms with van der Waals surface area (Å²) in [6.07, 6.45) is 0.157. The van der Waals surface area contributed by atoms with Gasteiger partial charge in [-0.1, -0.05) is 0 Å². The minimum atomic E-state index is -5.70. The van der Waals surface area contributed by atoms with Crippen LogP contribution in [-0.2, 0) is 31.6 Å². The van der Waals surface area contributed by atoms with Crippen molar-refractivity contribution in [1.29, 1.82) is 0 Å². The molecular formula is C11H17N6O13P3. The molecule has 1 saturated heterocycles. The van der Waals surface area contributed by atoms with Crippen molar-refractivity contribution in [3.8, 4) is 0 Å². The van der Waals surface area contributed by atoms with Crippen LogP contribution in [0.3, 0.4) is 0 Å². The van der Waals surface area contributed by atoms with Crippen LogP contribution in [0.1, 0.15) is 24.3 Å².